The zero-order chi connectivity index (χ0) is 13.1. The average molecular weight is 304 g/mol. The summed E-state index contributed by atoms with van der Waals surface area (Å²) in [5.41, 5.74) is 6.75. The molecule has 1 saturated heterocycles. The smallest absolute Gasteiger partial charge is 0.279 e. The number of thioether (sulfide) groups is 1. The van der Waals surface area contributed by atoms with Crippen LogP contribution in [-0.4, -0.2) is 30.1 Å². The Bertz CT molecular complexity index is 498. The van der Waals surface area contributed by atoms with Crippen LogP contribution in [0.15, 0.2) is 18.2 Å². The van der Waals surface area contributed by atoms with Crippen molar-refractivity contribution in [2.45, 2.75) is 6.04 Å². The zero-order valence-corrected chi connectivity index (χ0v) is 11.8. The minimum atomic E-state index is -0.495. The number of nitrogens with two attached hydrogens (primary N) is 1. The molecule has 0 spiro atoms. The second kappa shape index (κ2) is 6.53. The van der Waals surface area contributed by atoms with Gasteiger partial charge in [-0.15, -0.1) is 12.4 Å². The predicted octanol–water partition coefficient (Wildman–Crippen LogP) is 1.46. The van der Waals surface area contributed by atoms with Crippen molar-refractivity contribution >= 4 is 46.7 Å². The molecule has 1 aromatic rings. The summed E-state index contributed by atoms with van der Waals surface area (Å²) >= 11 is 1.10. The number of anilines is 2. The fraction of sp³-hybridized carbons (Fsp3) is 0.273. The summed E-state index contributed by atoms with van der Waals surface area (Å²) in [6.45, 7) is 0. The largest absolute Gasteiger partial charge is 0.495 e. The zero-order valence-electron chi connectivity index (χ0n) is 10.1. The van der Waals surface area contributed by atoms with Gasteiger partial charge in [0.2, 0.25) is 5.91 Å². The minimum absolute atomic E-state index is 0. The molecule has 0 unspecified atom stereocenters. The van der Waals surface area contributed by atoms with E-state index in [-0.39, 0.29) is 23.6 Å². The molecule has 0 aromatic heterocycles. The molecule has 2 rings (SSSR count). The molecule has 2 amide bonds. The number of amides is 2. The molecule has 1 fully saturated rings. The van der Waals surface area contributed by atoms with Crippen LogP contribution in [0.5, 0.6) is 5.75 Å². The highest BCUT2D eigenvalue weighted by Crippen LogP contribution is 2.25. The molecule has 1 aliphatic rings. The van der Waals surface area contributed by atoms with Crippen LogP contribution in [0, 0.1) is 0 Å². The maximum Gasteiger partial charge on any atom is 0.279 e. The van der Waals surface area contributed by atoms with Crippen LogP contribution in [0.1, 0.15) is 0 Å². The molecule has 104 valence electrons. The van der Waals surface area contributed by atoms with E-state index in [1.165, 1.54) is 7.11 Å². The van der Waals surface area contributed by atoms with Crippen molar-refractivity contribution in [2.75, 3.05) is 23.9 Å². The van der Waals surface area contributed by atoms with E-state index in [9.17, 15) is 9.59 Å². The third kappa shape index (κ3) is 3.68. The molecule has 1 aliphatic heterocycles. The highest BCUT2D eigenvalue weighted by atomic mass is 35.5. The van der Waals surface area contributed by atoms with Gasteiger partial charge in [0.15, 0.2) is 0 Å². The van der Waals surface area contributed by atoms with E-state index in [4.69, 9.17) is 10.5 Å². The summed E-state index contributed by atoms with van der Waals surface area (Å²) in [6.07, 6.45) is 0. The van der Waals surface area contributed by atoms with Crippen molar-refractivity contribution in [1.82, 2.24) is 5.32 Å². The number of methoxy groups -OCH3 is 1. The van der Waals surface area contributed by atoms with Crippen LogP contribution < -0.4 is 21.1 Å². The maximum atomic E-state index is 11.8. The lowest BCUT2D eigenvalue weighted by Gasteiger charge is -2.11. The van der Waals surface area contributed by atoms with Gasteiger partial charge in [-0.05, 0) is 18.2 Å². The summed E-state index contributed by atoms with van der Waals surface area (Å²) in [6, 6.07) is 4.48. The standard InChI is InChI=1S/C11H13N3O3S.ClH/c1-17-9-3-2-6(4-7(9)12)13-10(15)8-5-18-11(16)14-8;/h2-4,8H,5,12H2,1H3,(H,13,15)(H,14,16);1H/t8-;/m0./s1. The molecule has 1 heterocycles. The molecule has 0 aliphatic carbocycles. The molecule has 19 heavy (non-hydrogen) atoms. The van der Waals surface area contributed by atoms with Gasteiger partial charge in [0.25, 0.3) is 5.24 Å². The molecule has 1 aromatic carbocycles. The minimum Gasteiger partial charge on any atom is -0.495 e. The Balaban J connectivity index is 0.00000180. The highest BCUT2D eigenvalue weighted by molar-refractivity contribution is 8.14. The van der Waals surface area contributed by atoms with Crippen molar-refractivity contribution in [1.29, 1.82) is 0 Å². The van der Waals surface area contributed by atoms with Crippen LogP contribution in [-0.2, 0) is 4.79 Å². The predicted molar refractivity (Wildman–Crippen MR) is 78.1 cm³/mol. The Labute approximate surface area is 120 Å². The topological polar surface area (TPSA) is 93.4 Å². The fourth-order valence-corrected chi connectivity index (χ4v) is 2.35. The van der Waals surface area contributed by atoms with Crippen molar-refractivity contribution < 1.29 is 14.3 Å². The lowest BCUT2D eigenvalue weighted by atomic mass is 10.2. The van der Waals surface area contributed by atoms with Gasteiger partial charge in [-0.1, -0.05) is 11.8 Å². The van der Waals surface area contributed by atoms with Gasteiger partial charge in [-0.2, -0.15) is 0 Å². The van der Waals surface area contributed by atoms with E-state index in [0.29, 0.717) is 22.9 Å². The molecule has 0 bridgehead atoms. The van der Waals surface area contributed by atoms with Crippen LogP contribution >= 0.6 is 24.2 Å². The second-order valence-corrected chi connectivity index (χ2v) is 4.73. The molecule has 8 heteroatoms. The first kappa shape index (κ1) is 15.5. The third-order valence-electron chi connectivity index (χ3n) is 2.49. The Morgan fingerprint density at radius 3 is 2.84 bits per heavy atom. The summed E-state index contributed by atoms with van der Waals surface area (Å²) in [5, 5.41) is 5.08. The van der Waals surface area contributed by atoms with Crippen LogP contribution in [0.3, 0.4) is 0 Å². The monoisotopic (exact) mass is 303 g/mol. The lowest BCUT2D eigenvalue weighted by Crippen LogP contribution is -2.38. The normalized spacial score (nSPS) is 17.3. The number of halogens is 1. The number of carbonyl (C=O) groups excluding carboxylic acids is 2. The van der Waals surface area contributed by atoms with Gasteiger partial charge in [-0.3, -0.25) is 9.59 Å². The summed E-state index contributed by atoms with van der Waals surface area (Å²) < 4.78 is 5.02. The van der Waals surface area contributed by atoms with E-state index >= 15 is 0 Å². The van der Waals surface area contributed by atoms with Gasteiger partial charge < -0.3 is 21.1 Å². The first-order valence-corrected chi connectivity index (χ1v) is 6.26. The van der Waals surface area contributed by atoms with Crippen molar-refractivity contribution in [3.05, 3.63) is 18.2 Å². The maximum absolute atomic E-state index is 11.8. The van der Waals surface area contributed by atoms with Gasteiger partial charge in [0, 0.05) is 11.4 Å². The van der Waals surface area contributed by atoms with Gasteiger partial charge in [0.05, 0.1) is 12.8 Å². The number of nitrogen functional groups attached to an aromatic ring is 1. The molecular weight excluding hydrogens is 290 g/mol. The summed E-state index contributed by atoms with van der Waals surface area (Å²) in [7, 11) is 1.52. The number of benzene rings is 1. The molecular formula is C11H14ClN3O3S. The molecule has 6 nitrogen and oxygen atoms in total. The fourth-order valence-electron chi connectivity index (χ4n) is 1.57. The van der Waals surface area contributed by atoms with E-state index in [2.05, 4.69) is 10.6 Å². The second-order valence-electron chi connectivity index (χ2n) is 3.74. The van der Waals surface area contributed by atoms with Gasteiger partial charge >= 0.3 is 0 Å². The number of nitrogens with one attached hydrogen (secondary N) is 2. The van der Waals surface area contributed by atoms with Crippen LogP contribution in [0.2, 0.25) is 0 Å². The van der Waals surface area contributed by atoms with Crippen LogP contribution in [0.4, 0.5) is 16.2 Å². The van der Waals surface area contributed by atoms with Crippen molar-refractivity contribution in [2.24, 2.45) is 0 Å². The lowest BCUT2D eigenvalue weighted by molar-refractivity contribution is -0.117. The van der Waals surface area contributed by atoms with Gasteiger partial charge in [0.1, 0.15) is 11.8 Å². The van der Waals surface area contributed by atoms with Crippen molar-refractivity contribution in [3.63, 3.8) is 0 Å². The first-order chi connectivity index (χ1) is 8.60. The number of hydrogen-bond donors (Lipinski definition) is 3. The summed E-state index contributed by atoms with van der Waals surface area (Å²) in [5.74, 6) is 0.742. The Morgan fingerprint density at radius 1 is 1.58 bits per heavy atom. The molecule has 0 saturated carbocycles. The average Bonchev–Trinajstić information content (AvgIpc) is 2.76. The first-order valence-electron chi connectivity index (χ1n) is 5.28. The van der Waals surface area contributed by atoms with Crippen LogP contribution in [0.25, 0.3) is 0 Å². The van der Waals surface area contributed by atoms with E-state index in [1.807, 2.05) is 0 Å². The molecule has 0 radical (unpaired) electrons. The Hall–Kier alpha value is -1.60. The number of hydrogen-bond acceptors (Lipinski definition) is 5. The van der Waals surface area contributed by atoms with E-state index in [1.54, 1.807) is 18.2 Å². The Kier molecular flexibility index (Phi) is 5.31. The highest BCUT2D eigenvalue weighted by Gasteiger charge is 2.27. The number of rotatable bonds is 3. The summed E-state index contributed by atoms with van der Waals surface area (Å²) in [4.78, 5) is 22.8. The number of ether oxygens (including phenoxy) is 1. The van der Waals surface area contributed by atoms with E-state index in [0.717, 1.165) is 11.8 Å². The molecule has 1 atom stereocenters. The van der Waals surface area contributed by atoms with Crippen molar-refractivity contribution in [3.8, 4) is 5.75 Å². The third-order valence-corrected chi connectivity index (χ3v) is 3.37. The number of carbonyl (C=O) groups is 2. The SMILES string of the molecule is COc1ccc(NC(=O)[C@@H]2CSC(=O)N2)cc1N.Cl. The molecule has 4 N–H and O–H groups in total. The Morgan fingerprint density at radius 2 is 2.32 bits per heavy atom. The van der Waals surface area contributed by atoms with E-state index < -0.39 is 6.04 Å². The van der Waals surface area contributed by atoms with Gasteiger partial charge in [-0.25, -0.2) is 0 Å². The quantitative estimate of drug-likeness (QED) is 0.735.